The summed E-state index contributed by atoms with van der Waals surface area (Å²) in [7, 11) is 0. The lowest BCUT2D eigenvalue weighted by molar-refractivity contribution is -0.132. The van der Waals surface area contributed by atoms with E-state index >= 15 is 0 Å². The lowest BCUT2D eigenvalue weighted by Crippen LogP contribution is -2.50. The zero-order valence-electron chi connectivity index (χ0n) is 13.9. The molecule has 0 aromatic carbocycles. The molecule has 1 aliphatic rings. The molecule has 132 valence electrons. The molecule has 2 heterocycles. The molecule has 1 fully saturated rings. The fraction of sp³-hybridized carbons (Fsp3) is 0.588. The summed E-state index contributed by atoms with van der Waals surface area (Å²) in [5.41, 5.74) is 6.37. The number of nitrogens with two attached hydrogens (primary N) is 1. The van der Waals surface area contributed by atoms with Gasteiger partial charge in [-0.15, -0.1) is 11.8 Å². The molecule has 2 amide bonds. The topological polar surface area (TPSA) is 88.3 Å². The molecule has 1 aliphatic heterocycles. The second-order valence-corrected chi connectivity index (χ2v) is 6.88. The van der Waals surface area contributed by atoms with Gasteiger partial charge in [-0.2, -0.15) is 0 Å². The molecule has 0 spiro atoms. The number of carbonyl (C=O) groups is 2. The van der Waals surface area contributed by atoms with E-state index in [-0.39, 0.29) is 17.9 Å². The first-order chi connectivity index (χ1) is 11.7. The minimum Gasteiger partial charge on any atom is -0.354 e. The summed E-state index contributed by atoms with van der Waals surface area (Å²) in [6.07, 6.45) is 5.18. The lowest BCUT2D eigenvalue weighted by Gasteiger charge is -2.36. The van der Waals surface area contributed by atoms with Crippen LogP contribution in [0.1, 0.15) is 31.4 Å². The van der Waals surface area contributed by atoms with E-state index in [9.17, 15) is 9.59 Å². The van der Waals surface area contributed by atoms with Gasteiger partial charge in [-0.1, -0.05) is 6.07 Å². The molecule has 0 saturated carbocycles. The number of nitrogens with one attached hydrogen (secondary N) is 1. The van der Waals surface area contributed by atoms with Crippen molar-refractivity contribution in [3.8, 4) is 0 Å². The SMILES string of the molecule is NCCC(=O)NCC1CCCCN1C(=O)CSCc1ccccn1. The number of rotatable bonds is 8. The summed E-state index contributed by atoms with van der Waals surface area (Å²) < 4.78 is 0. The molecule has 1 saturated heterocycles. The van der Waals surface area contributed by atoms with Crippen molar-refractivity contribution in [2.45, 2.75) is 37.5 Å². The molecule has 1 aromatic rings. The van der Waals surface area contributed by atoms with Gasteiger partial charge in [0.2, 0.25) is 11.8 Å². The number of nitrogens with zero attached hydrogens (tertiary/aromatic N) is 2. The summed E-state index contributed by atoms with van der Waals surface area (Å²) in [6, 6.07) is 5.91. The average molecular weight is 350 g/mol. The van der Waals surface area contributed by atoms with Crippen molar-refractivity contribution in [3.63, 3.8) is 0 Å². The largest absolute Gasteiger partial charge is 0.354 e. The van der Waals surface area contributed by atoms with Gasteiger partial charge in [0, 0.05) is 44.0 Å². The Morgan fingerprint density at radius 3 is 3.00 bits per heavy atom. The highest BCUT2D eigenvalue weighted by molar-refractivity contribution is 7.99. The Hall–Kier alpha value is -1.60. The highest BCUT2D eigenvalue weighted by Crippen LogP contribution is 2.19. The van der Waals surface area contributed by atoms with Crippen molar-refractivity contribution in [2.75, 3.05) is 25.4 Å². The fourth-order valence-corrected chi connectivity index (χ4v) is 3.62. The van der Waals surface area contributed by atoms with Crippen molar-refractivity contribution in [1.82, 2.24) is 15.2 Å². The third-order valence-electron chi connectivity index (χ3n) is 4.06. The molecule has 0 radical (unpaired) electrons. The van der Waals surface area contributed by atoms with Crippen LogP contribution < -0.4 is 11.1 Å². The quantitative estimate of drug-likeness (QED) is 0.734. The number of aromatic nitrogens is 1. The van der Waals surface area contributed by atoms with E-state index in [1.54, 1.807) is 18.0 Å². The molecule has 1 aromatic heterocycles. The fourth-order valence-electron chi connectivity index (χ4n) is 2.80. The van der Waals surface area contributed by atoms with Crippen LogP contribution in [-0.2, 0) is 15.3 Å². The molecule has 0 bridgehead atoms. The van der Waals surface area contributed by atoms with Crippen LogP contribution in [0.15, 0.2) is 24.4 Å². The van der Waals surface area contributed by atoms with E-state index in [0.717, 1.165) is 37.3 Å². The van der Waals surface area contributed by atoms with Crippen molar-refractivity contribution < 1.29 is 9.59 Å². The zero-order chi connectivity index (χ0) is 17.2. The number of carbonyl (C=O) groups excluding carboxylic acids is 2. The van der Waals surface area contributed by atoms with Gasteiger partial charge in [0.15, 0.2) is 0 Å². The average Bonchev–Trinajstić information content (AvgIpc) is 2.61. The first-order valence-corrected chi connectivity index (χ1v) is 9.60. The summed E-state index contributed by atoms with van der Waals surface area (Å²) >= 11 is 1.59. The van der Waals surface area contributed by atoms with Crippen LogP contribution in [0.2, 0.25) is 0 Å². The van der Waals surface area contributed by atoms with Crippen molar-refractivity contribution in [1.29, 1.82) is 0 Å². The van der Waals surface area contributed by atoms with Gasteiger partial charge in [0.1, 0.15) is 0 Å². The van der Waals surface area contributed by atoms with Crippen LogP contribution in [0.3, 0.4) is 0 Å². The van der Waals surface area contributed by atoms with Gasteiger partial charge in [-0.3, -0.25) is 14.6 Å². The first-order valence-electron chi connectivity index (χ1n) is 8.44. The van der Waals surface area contributed by atoms with Crippen LogP contribution in [-0.4, -0.2) is 53.1 Å². The predicted octanol–water partition coefficient (Wildman–Crippen LogP) is 1.16. The number of pyridine rings is 1. The van der Waals surface area contributed by atoms with Crippen LogP contribution >= 0.6 is 11.8 Å². The normalized spacial score (nSPS) is 17.5. The molecule has 2 rings (SSSR count). The van der Waals surface area contributed by atoms with E-state index in [0.29, 0.717) is 25.3 Å². The van der Waals surface area contributed by atoms with Crippen LogP contribution in [0.25, 0.3) is 0 Å². The molecular formula is C17H26N4O2S. The van der Waals surface area contributed by atoms with E-state index in [2.05, 4.69) is 10.3 Å². The Kier molecular flexibility index (Phi) is 8.04. The standard InChI is InChI=1S/C17H26N4O2S/c18-8-7-16(22)20-11-15-6-2-4-10-21(15)17(23)13-24-12-14-5-1-3-9-19-14/h1,3,5,9,15H,2,4,6-8,10-13,18H2,(H,20,22). The Bertz CT molecular complexity index is 527. The van der Waals surface area contributed by atoms with E-state index < -0.39 is 0 Å². The summed E-state index contributed by atoms with van der Waals surface area (Å²) in [6.45, 7) is 1.65. The summed E-state index contributed by atoms with van der Waals surface area (Å²) in [5, 5.41) is 2.89. The maximum Gasteiger partial charge on any atom is 0.232 e. The van der Waals surface area contributed by atoms with Crippen LogP contribution in [0.4, 0.5) is 0 Å². The molecule has 6 nitrogen and oxygen atoms in total. The van der Waals surface area contributed by atoms with Crippen molar-refractivity contribution in [2.24, 2.45) is 5.73 Å². The second kappa shape index (κ2) is 10.3. The van der Waals surface area contributed by atoms with E-state index in [1.807, 2.05) is 23.1 Å². The van der Waals surface area contributed by atoms with Crippen molar-refractivity contribution >= 4 is 23.6 Å². The number of amides is 2. The van der Waals surface area contributed by atoms with Gasteiger partial charge in [0.25, 0.3) is 0 Å². The lowest BCUT2D eigenvalue weighted by atomic mass is 10.0. The maximum atomic E-state index is 12.5. The van der Waals surface area contributed by atoms with Crippen LogP contribution in [0, 0.1) is 0 Å². The van der Waals surface area contributed by atoms with Crippen molar-refractivity contribution in [3.05, 3.63) is 30.1 Å². The van der Waals surface area contributed by atoms with Gasteiger partial charge >= 0.3 is 0 Å². The summed E-state index contributed by atoms with van der Waals surface area (Å²) in [5.74, 6) is 1.29. The molecular weight excluding hydrogens is 324 g/mol. The van der Waals surface area contributed by atoms with Gasteiger partial charge in [-0.05, 0) is 31.4 Å². The minimum absolute atomic E-state index is 0.0417. The van der Waals surface area contributed by atoms with Gasteiger partial charge < -0.3 is 16.0 Å². The highest BCUT2D eigenvalue weighted by atomic mass is 32.2. The first kappa shape index (κ1) is 18.7. The summed E-state index contributed by atoms with van der Waals surface area (Å²) in [4.78, 5) is 30.3. The van der Waals surface area contributed by atoms with E-state index in [4.69, 9.17) is 5.73 Å². The number of hydrogen-bond acceptors (Lipinski definition) is 5. The van der Waals surface area contributed by atoms with Crippen LogP contribution in [0.5, 0.6) is 0 Å². The third-order valence-corrected chi connectivity index (χ3v) is 5.01. The molecule has 1 unspecified atom stereocenters. The minimum atomic E-state index is -0.0417. The Balaban J connectivity index is 1.78. The Labute approximate surface area is 147 Å². The number of likely N-dealkylation sites (tertiary alicyclic amines) is 1. The monoisotopic (exact) mass is 350 g/mol. The predicted molar refractivity (Wildman–Crippen MR) is 96.4 cm³/mol. The zero-order valence-corrected chi connectivity index (χ0v) is 14.8. The molecule has 3 N–H and O–H groups in total. The number of hydrogen-bond donors (Lipinski definition) is 2. The smallest absolute Gasteiger partial charge is 0.232 e. The number of piperidine rings is 1. The highest BCUT2D eigenvalue weighted by Gasteiger charge is 2.26. The van der Waals surface area contributed by atoms with Gasteiger partial charge in [0.05, 0.1) is 11.4 Å². The Morgan fingerprint density at radius 2 is 2.25 bits per heavy atom. The molecule has 0 aliphatic carbocycles. The second-order valence-electron chi connectivity index (χ2n) is 5.89. The van der Waals surface area contributed by atoms with E-state index in [1.165, 1.54) is 0 Å². The maximum absolute atomic E-state index is 12.5. The molecule has 1 atom stereocenters. The third kappa shape index (κ3) is 6.13. The number of thioether (sulfide) groups is 1. The molecule has 24 heavy (non-hydrogen) atoms. The molecule has 7 heteroatoms. The van der Waals surface area contributed by atoms with Gasteiger partial charge in [-0.25, -0.2) is 0 Å². The Morgan fingerprint density at radius 1 is 1.38 bits per heavy atom.